The van der Waals surface area contributed by atoms with E-state index in [9.17, 15) is 24.3 Å². The first-order chi connectivity index (χ1) is 23.1. The Morgan fingerprint density at radius 3 is 2.35 bits per heavy atom. The number of likely N-dealkylation sites (tertiary alicyclic amines) is 1. The summed E-state index contributed by atoms with van der Waals surface area (Å²) in [5.74, 6) is -0.607. The lowest BCUT2D eigenvalue weighted by Gasteiger charge is -2.40. The second-order valence-electron chi connectivity index (χ2n) is 14.0. The van der Waals surface area contributed by atoms with Crippen molar-refractivity contribution in [1.82, 2.24) is 14.4 Å². The van der Waals surface area contributed by atoms with Gasteiger partial charge in [0, 0.05) is 52.0 Å². The molecule has 0 bridgehead atoms. The van der Waals surface area contributed by atoms with Gasteiger partial charge >= 0.3 is 5.97 Å². The number of ketones is 1. The lowest BCUT2D eigenvalue weighted by Crippen LogP contribution is -2.52. The molecule has 0 atom stereocenters. The number of fused-ring (bicyclic) bond motifs is 5. The molecule has 2 amide bonds. The maximum absolute atomic E-state index is 14.4. The van der Waals surface area contributed by atoms with Gasteiger partial charge in [0.05, 0.1) is 24.5 Å². The predicted molar refractivity (Wildman–Crippen MR) is 189 cm³/mol. The minimum atomic E-state index is -1.08. The Kier molecular flexibility index (Phi) is 8.72. The second-order valence-corrected chi connectivity index (χ2v) is 15.1. The smallest absolute Gasteiger partial charge is 0.348 e. The van der Waals surface area contributed by atoms with Crippen molar-refractivity contribution in [1.29, 1.82) is 0 Å². The monoisotopic (exact) mass is 666 g/mol. The van der Waals surface area contributed by atoms with Gasteiger partial charge < -0.3 is 24.4 Å². The number of thiophene rings is 1. The van der Waals surface area contributed by atoms with Gasteiger partial charge in [0.15, 0.2) is 5.78 Å². The van der Waals surface area contributed by atoms with Crippen molar-refractivity contribution in [2.75, 3.05) is 38.6 Å². The number of para-hydroxylation sites is 1. The number of likely N-dealkylation sites (N-methyl/N-ethyl adjacent to an activating group) is 1. The Morgan fingerprint density at radius 2 is 1.65 bits per heavy atom. The zero-order valence-electron chi connectivity index (χ0n) is 27.8. The molecule has 48 heavy (non-hydrogen) atoms. The summed E-state index contributed by atoms with van der Waals surface area (Å²) < 4.78 is 2.06. The third-order valence-corrected chi connectivity index (χ3v) is 11.6. The van der Waals surface area contributed by atoms with Gasteiger partial charge in [-0.25, -0.2) is 4.79 Å². The molecule has 1 aliphatic carbocycles. The summed E-state index contributed by atoms with van der Waals surface area (Å²) in [5, 5.41) is 11.5. The van der Waals surface area contributed by atoms with E-state index in [4.69, 9.17) is 0 Å². The van der Waals surface area contributed by atoms with Crippen LogP contribution in [0.1, 0.15) is 65.5 Å². The molecule has 9 nitrogen and oxygen atoms in total. The summed E-state index contributed by atoms with van der Waals surface area (Å²) in [4.78, 5) is 59.8. The van der Waals surface area contributed by atoms with Gasteiger partial charge in [0.2, 0.25) is 11.8 Å². The summed E-state index contributed by atoms with van der Waals surface area (Å²) in [5.41, 5.74) is 4.68. The highest BCUT2D eigenvalue weighted by molar-refractivity contribution is 7.18. The zero-order valence-corrected chi connectivity index (χ0v) is 28.6. The van der Waals surface area contributed by atoms with Crippen molar-refractivity contribution in [2.45, 2.75) is 58.0 Å². The van der Waals surface area contributed by atoms with Gasteiger partial charge in [0.1, 0.15) is 4.88 Å². The van der Waals surface area contributed by atoms with Crippen LogP contribution in [0.5, 0.6) is 0 Å². The average molecular weight is 667 g/mol. The second kappa shape index (κ2) is 13.0. The first-order valence-electron chi connectivity index (χ1n) is 17.0. The zero-order chi connectivity index (χ0) is 33.7. The van der Waals surface area contributed by atoms with Crippen LogP contribution in [0.4, 0.5) is 5.69 Å². The van der Waals surface area contributed by atoms with Crippen LogP contribution in [0.15, 0.2) is 54.6 Å². The Balaban J connectivity index is 1.24. The fourth-order valence-corrected chi connectivity index (χ4v) is 8.77. The highest BCUT2D eigenvalue weighted by atomic mass is 32.1. The van der Waals surface area contributed by atoms with Crippen LogP contribution in [0.2, 0.25) is 0 Å². The maximum Gasteiger partial charge on any atom is 0.348 e. The van der Waals surface area contributed by atoms with Gasteiger partial charge in [-0.05, 0) is 88.4 Å². The number of hydrogen-bond donors (Lipinski definition) is 1. The molecule has 0 spiro atoms. The fraction of sp³-hybridized carbons (Fsp3) is 0.421. The number of aromatic nitrogens is 1. The van der Waals surface area contributed by atoms with Crippen molar-refractivity contribution in [2.24, 2.45) is 11.8 Å². The molecule has 7 rings (SSSR count). The van der Waals surface area contributed by atoms with Crippen LogP contribution in [0, 0.1) is 11.8 Å². The van der Waals surface area contributed by atoms with Gasteiger partial charge in [-0.2, -0.15) is 0 Å². The summed E-state index contributed by atoms with van der Waals surface area (Å²) in [6, 6.07) is 17.6. The van der Waals surface area contributed by atoms with Gasteiger partial charge in [0.25, 0.3) is 0 Å². The van der Waals surface area contributed by atoms with Crippen LogP contribution in [0.25, 0.3) is 32.6 Å². The molecule has 3 aliphatic rings. The van der Waals surface area contributed by atoms with Crippen LogP contribution in [-0.4, -0.2) is 82.8 Å². The number of rotatable bonds is 7. The third kappa shape index (κ3) is 5.96. The van der Waals surface area contributed by atoms with Crippen LogP contribution in [0.3, 0.4) is 0 Å². The van der Waals surface area contributed by atoms with E-state index in [0.717, 1.165) is 64.7 Å². The number of aromatic carboxylic acids is 1. The number of carboxylic acids is 1. The number of carbonyl (C=O) groups excluding carboxylic acids is 3. The maximum atomic E-state index is 14.4. The molecule has 0 radical (unpaired) electrons. The van der Waals surface area contributed by atoms with E-state index in [-0.39, 0.29) is 41.0 Å². The van der Waals surface area contributed by atoms with Crippen molar-refractivity contribution in [3.8, 4) is 21.7 Å². The Morgan fingerprint density at radius 1 is 0.917 bits per heavy atom. The number of piperidine rings is 1. The molecule has 4 aromatic rings. The van der Waals surface area contributed by atoms with Crippen molar-refractivity contribution >= 4 is 51.5 Å². The van der Waals surface area contributed by atoms with Crippen molar-refractivity contribution in [3.63, 3.8) is 0 Å². The van der Waals surface area contributed by atoms with E-state index in [2.05, 4.69) is 17.6 Å². The Hall–Kier alpha value is -4.28. The summed E-state index contributed by atoms with van der Waals surface area (Å²) in [6.07, 6.45) is 4.70. The average Bonchev–Trinajstić information content (AvgIpc) is 3.68. The molecule has 250 valence electrons. The normalized spacial score (nSPS) is 19.8. The SMILES string of the molecule is CC1CCC(C(=O)N(c2cc(-c3ccc4c(c3)C(=O)Cn3c-4cc4ccccc43)sc2C(=O)O)C2CCN(C(=O)CN(C)C)CC2)CC1. The third-order valence-electron chi connectivity index (χ3n) is 10.4. The minimum absolute atomic E-state index is 0.00912. The molecular weight excluding hydrogens is 625 g/mol. The first kappa shape index (κ1) is 32.3. The molecule has 2 aromatic heterocycles. The number of carboxylic acid groups (broad SMARTS) is 1. The number of nitrogens with zero attached hydrogens (tertiary/aromatic N) is 4. The predicted octanol–water partition coefficient (Wildman–Crippen LogP) is 6.64. The first-order valence-corrected chi connectivity index (χ1v) is 17.8. The lowest BCUT2D eigenvalue weighted by molar-refractivity contribution is -0.132. The topological polar surface area (TPSA) is 103 Å². The highest BCUT2D eigenvalue weighted by Crippen LogP contribution is 2.43. The summed E-state index contributed by atoms with van der Waals surface area (Å²) in [7, 11) is 3.74. The van der Waals surface area contributed by atoms with Gasteiger partial charge in [-0.1, -0.05) is 37.3 Å². The van der Waals surface area contributed by atoms with E-state index in [1.54, 1.807) is 4.90 Å². The molecule has 10 heteroatoms. The van der Waals surface area contributed by atoms with E-state index in [1.165, 1.54) is 0 Å². The molecule has 1 saturated carbocycles. The molecule has 1 saturated heterocycles. The fourth-order valence-electron chi connectivity index (χ4n) is 7.78. The molecule has 1 N–H and O–H groups in total. The quantitative estimate of drug-likeness (QED) is 0.237. The number of Topliss-reactive ketones (excluding diaryl/α,β-unsaturated/α-hetero) is 1. The van der Waals surface area contributed by atoms with Crippen LogP contribution >= 0.6 is 11.3 Å². The molecule has 2 aliphatic heterocycles. The van der Waals surface area contributed by atoms with E-state index >= 15 is 0 Å². The Bertz CT molecular complexity index is 1910. The largest absolute Gasteiger partial charge is 0.477 e. The summed E-state index contributed by atoms with van der Waals surface area (Å²) in [6.45, 7) is 3.83. The van der Waals surface area contributed by atoms with Gasteiger partial charge in [-0.15, -0.1) is 11.3 Å². The van der Waals surface area contributed by atoms with E-state index < -0.39 is 5.97 Å². The molecular formula is C38H42N4O5S. The number of amides is 2. The Labute approximate surface area is 284 Å². The number of benzene rings is 2. The van der Waals surface area contributed by atoms with Crippen LogP contribution < -0.4 is 4.90 Å². The number of hydrogen-bond acceptors (Lipinski definition) is 6. The molecule has 4 heterocycles. The highest BCUT2D eigenvalue weighted by Gasteiger charge is 2.38. The number of anilines is 1. The molecule has 2 aromatic carbocycles. The van der Waals surface area contributed by atoms with Crippen LogP contribution in [-0.2, 0) is 16.1 Å². The molecule has 2 fully saturated rings. The lowest BCUT2D eigenvalue weighted by atomic mass is 9.82. The van der Waals surface area contributed by atoms with Crippen molar-refractivity contribution in [3.05, 3.63) is 65.0 Å². The summed E-state index contributed by atoms with van der Waals surface area (Å²) >= 11 is 1.15. The standard InChI is InChI=1S/C38H42N4O5S/c1-23-8-10-24(11-9-23)37(45)42(27-14-16-40(17-15-27)35(44)22-39(2)3)32-20-34(48-36(32)38(46)47)26-12-13-28-29(18-26)33(43)21-41-30-7-5-4-6-25(30)19-31(28)41/h4-7,12-13,18-20,23-24,27H,8-11,14-17,21-22H2,1-3H3,(H,46,47). The van der Waals surface area contributed by atoms with Gasteiger partial charge in [-0.3, -0.25) is 14.4 Å². The van der Waals surface area contributed by atoms with Crippen molar-refractivity contribution < 1.29 is 24.3 Å². The molecule has 0 unspecified atom stereocenters. The number of carbonyl (C=O) groups is 4. The van der Waals surface area contributed by atoms with E-state index in [0.29, 0.717) is 54.5 Å². The minimum Gasteiger partial charge on any atom is -0.477 e. The van der Waals surface area contributed by atoms with E-state index in [1.807, 2.05) is 72.4 Å².